The first-order chi connectivity index (χ1) is 7.05. The summed E-state index contributed by atoms with van der Waals surface area (Å²) in [5.74, 6) is -0.0807. The van der Waals surface area contributed by atoms with Crippen LogP contribution < -0.4 is 5.32 Å². The van der Waals surface area contributed by atoms with E-state index in [1.54, 1.807) is 25.1 Å². The van der Waals surface area contributed by atoms with Crippen molar-refractivity contribution in [3.63, 3.8) is 0 Å². The Balaban J connectivity index is 2.32. The first kappa shape index (κ1) is 9.83. The number of methoxy groups -OCH3 is 1. The minimum Gasteiger partial charge on any atom is -0.508 e. The predicted octanol–water partition coefficient (Wildman–Crippen LogP) is 1.29. The molecule has 1 aromatic carbocycles. The van der Waals surface area contributed by atoms with E-state index in [2.05, 4.69) is 5.32 Å². The predicted molar refractivity (Wildman–Crippen MR) is 55.9 cm³/mol. The topological polar surface area (TPSA) is 58.6 Å². The number of benzene rings is 1. The third-order valence-electron chi connectivity index (χ3n) is 2.68. The molecule has 0 amide bonds. The maximum atomic E-state index is 11.5. The lowest BCUT2D eigenvalue weighted by atomic mass is 9.98. The highest BCUT2D eigenvalue weighted by Gasteiger charge is 2.40. The maximum Gasteiger partial charge on any atom is 0.331 e. The van der Waals surface area contributed by atoms with E-state index < -0.39 is 5.54 Å². The van der Waals surface area contributed by atoms with Gasteiger partial charge in [0.25, 0.3) is 0 Å². The average Bonchev–Trinajstić information content (AvgIpc) is 2.53. The van der Waals surface area contributed by atoms with E-state index in [0.717, 1.165) is 11.3 Å². The number of ether oxygens (including phenoxy) is 1. The van der Waals surface area contributed by atoms with E-state index in [0.29, 0.717) is 6.42 Å². The monoisotopic (exact) mass is 207 g/mol. The Labute approximate surface area is 87.9 Å². The lowest BCUT2D eigenvalue weighted by Crippen LogP contribution is -2.42. The van der Waals surface area contributed by atoms with Crippen LogP contribution in [0.15, 0.2) is 18.2 Å². The summed E-state index contributed by atoms with van der Waals surface area (Å²) in [5, 5.41) is 12.4. The van der Waals surface area contributed by atoms with Crippen LogP contribution in [0.2, 0.25) is 0 Å². The van der Waals surface area contributed by atoms with Crippen LogP contribution in [0.4, 0.5) is 5.69 Å². The molecule has 1 aromatic rings. The highest BCUT2D eigenvalue weighted by molar-refractivity contribution is 5.87. The zero-order valence-corrected chi connectivity index (χ0v) is 8.70. The highest BCUT2D eigenvalue weighted by Crippen LogP contribution is 2.34. The SMILES string of the molecule is COC(=O)C1(C)Cc2cc(O)ccc2N1. The van der Waals surface area contributed by atoms with Gasteiger partial charge in [-0.1, -0.05) is 0 Å². The Bertz CT molecular complexity index is 416. The van der Waals surface area contributed by atoms with E-state index in [-0.39, 0.29) is 11.7 Å². The Morgan fingerprint density at radius 3 is 3.00 bits per heavy atom. The number of anilines is 1. The number of hydrogen-bond donors (Lipinski definition) is 2. The second kappa shape index (κ2) is 3.15. The smallest absolute Gasteiger partial charge is 0.331 e. The third kappa shape index (κ3) is 1.52. The second-order valence-corrected chi connectivity index (χ2v) is 3.97. The van der Waals surface area contributed by atoms with Crippen molar-refractivity contribution in [1.82, 2.24) is 0 Å². The van der Waals surface area contributed by atoms with E-state index in [1.807, 2.05) is 0 Å². The van der Waals surface area contributed by atoms with Gasteiger partial charge in [0.05, 0.1) is 7.11 Å². The normalized spacial score (nSPS) is 23.1. The number of carbonyl (C=O) groups is 1. The molecule has 0 aromatic heterocycles. The molecule has 1 unspecified atom stereocenters. The van der Waals surface area contributed by atoms with Gasteiger partial charge in [0.15, 0.2) is 0 Å². The average molecular weight is 207 g/mol. The van der Waals surface area contributed by atoms with Gasteiger partial charge in [0.1, 0.15) is 11.3 Å². The van der Waals surface area contributed by atoms with Crippen molar-refractivity contribution >= 4 is 11.7 Å². The number of phenols is 1. The second-order valence-electron chi connectivity index (χ2n) is 3.97. The zero-order chi connectivity index (χ0) is 11.1. The summed E-state index contributed by atoms with van der Waals surface area (Å²) < 4.78 is 4.73. The first-order valence-electron chi connectivity index (χ1n) is 4.74. The van der Waals surface area contributed by atoms with Gasteiger partial charge in [0, 0.05) is 12.1 Å². The zero-order valence-electron chi connectivity index (χ0n) is 8.70. The van der Waals surface area contributed by atoms with Crippen molar-refractivity contribution in [1.29, 1.82) is 0 Å². The fraction of sp³-hybridized carbons (Fsp3) is 0.364. The van der Waals surface area contributed by atoms with E-state index in [9.17, 15) is 9.90 Å². The molecular formula is C11H13NO3. The van der Waals surface area contributed by atoms with Gasteiger partial charge in [-0.2, -0.15) is 0 Å². The Morgan fingerprint density at radius 2 is 2.33 bits per heavy atom. The van der Waals surface area contributed by atoms with E-state index in [4.69, 9.17) is 4.74 Å². The number of hydrogen-bond acceptors (Lipinski definition) is 4. The quantitative estimate of drug-likeness (QED) is 0.538. The Kier molecular flexibility index (Phi) is 2.07. The number of rotatable bonds is 1. The molecule has 1 heterocycles. The molecule has 0 saturated carbocycles. The lowest BCUT2D eigenvalue weighted by Gasteiger charge is -2.21. The van der Waals surface area contributed by atoms with E-state index >= 15 is 0 Å². The van der Waals surface area contributed by atoms with Crippen LogP contribution in [0.3, 0.4) is 0 Å². The molecule has 0 spiro atoms. The molecule has 0 saturated heterocycles. The summed E-state index contributed by atoms with van der Waals surface area (Å²) in [6, 6.07) is 5.02. The molecule has 4 nitrogen and oxygen atoms in total. The molecule has 1 atom stereocenters. The molecule has 0 bridgehead atoms. The largest absolute Gasteiger partial charge is 0.508 e. The van der Waals surface area contributed by atoms with Crippen LogP contribution in [0, 0.1) is 0 Å². The standard InChI is InChI=1S/C11H13NO3/c1-11(10(14)15-2)6-7-5-8(13)3-4-9(7)12-11/h3-5,12-13H,6H2,1-2H3. The number of esters is 1. The van der Waals surface area contributed by atoms with Gasteiger partial charge in [-0.05, 0) is 30.7 Å². The summed E-state index contributed by atoms with van der Waals surface area (Å²) in [7, 11) is 1.37. The summed E-state index contributed by atoms with van der Waals surface area (Å²) in [6.07, 6.45) is 0.531. The molecule has 15 heavy (non-hydrogen) atoms. The van der Waals surface area contributed by atoms with Gasteiger partial charge in [-0.15, -0.1) is 0 Å². The Morgan fingerprint density at radius 1 is 1.60 bits per heavy atom. The molecule has 1 aliphatic heterocycles. The molecule has 1 aliphatic rings. The number of nitrogens with one attached hydrogen (secondary N) is 1. The molecule has 0 fully saturated rings. The van der Waals surface area contributed by atoms with E-state index in [1.165, 1.54) is 7.11 Å². The number of fused-ring (bicyclic) bond motifs is 1. The van der Waals surface area contributed by atoms with Gasteiger partial charge in [-0.25, -0.2) is 4.79 Å². The molecule has 80 valence electrons. The maximum absolute atomic E-state index is 11.5. The molecule has 0 radical (unpaired) electrons. The Hall–Kier alpha value is -1.71. The van der Waals surface area contributed by atoms with Crippen molar-refractivity contribution in [3.8, 4) is 5.75 Å². The van der Waals surface area contributed by atoms with Crippen molar-refractivity contribution in [2.45, 2.75) is 18.9 Å². The number of phenolic OH excluding ortho intramolecular Hbond substituents is 1. The van der Waals surface area contributed by atoms with Crippen molar-refractivity contribution in [2.24, 2.45) is 0 Å². The lowest BCUT2D eigenvalue weighted by molar-refractivity contribution is -0.145. The minimum atomic E-state index is -0.717. The van der Waals surface area contributed by atoms with Gasteiger partial charge in [0.2, 0.25) is 0 Å². The summed E-state index contributed by atoms with van der Waals surface area (Å²) in [5.41, 5.74) is 1.09. The third-order valence-corrected chi connectivity index (χ3v) is 2.68. The summed E-state index contributed by atoms with van der Waals surface area (Å²) in [4.78, 5) is 11.5. The van der Waals surface area contributed by atoms with Crippen molar-refractivity contribution in [2.75, 3.05) is 12.4 Å². The van der Waals surface area contributed by atoms with Crippen LogP contribution in [0.1, 0.15) is 12.5 Å². The van der Waals surface area contributed by atoms with Crippen molar-refractivity contribution in [3.05, 3.63) is 23.8 Å². The fourth-order valence-electron chi connectivity index (χ4n) is 1.92. The van der Waals surface area contributed by atoms with Crippen LogP contribution in [-0.4, -0.2) is 23.7 Å². The first-order valence-corrected chi connectivity index (χ1v) is 4.74. The van der Waals surface area contributed by atoms with Crippen LogP contribution >= 0.6 is 0 Å². The summed E-state index contributed by atoms with van der Waals surface area (Å²) in [6.45, 7) is 1.79. The van der Waals surface area contributed by atoms with Gasteiger partial charge in [-0.3, -0.25) is 0 Å². The highest BCUT2D eigenvalue weighted by atomic mass is 16.5. The minimum absolute atomic E-state index is 0.213. The van der Waals surface area contributed by atoms with Gasteiger partial charge >= 0.3 is 5.97 Å². The molecule has 2 rings (SSSR count). The number of aromatic hydroxyl groups is 1. The fourth-order valence-corrected chi connectivity index (χ4v) is 1.92. The summed E-state index contributed by atoms with van der Waals surface area (Å²) >= 11 is 0. The number of carbonyl (C=O) groups excluding carboxylic acids is 1. The molecule has 4 heteroatoms. The molecule has 2 N–H and O–H groups in total. The molecule has 0 aliphatic carbocycles. The van der Waals surface area contributed by atoms with Crippen LogP contribution in [-0.2, 0) is 16.0 Å². The van der Waals surface area contributed by atoms with Crippen LogP contribution in [0.25, 0.3) is 0 Å². The van der Waals surface area contributed by atoms with Gasteiger partial charge < -0.3 is 15.2 Å². The van der Waals surface area contributed by atoms with Crippen molar-refractivity contribution < 1.29 is 14.6 Å². The molecular weight excluding hydrogens is 194 g/mol. The van der Waals surface area contributed by atoms with Crippen LogP contribution in [0.5, 0.6) is 5.75 Å².